The molecule has 1 heterocycles. The van der Waals surface area contributed by atoms with Crippen LogP contribution >= 0.6 is 0 Å². The predicted octanol–water partition coefficient (Wildman–Crippen LogP) is 3.08. The van der Waals surface area contributed by atoms with E-state index in [1.807, 2.05) is 6.07 Å². The fourth-order valence-electron chi connectivity index (χ4n) is 2.18. The zero-order chi connectivity index (χ0) is 12.3. The number of rotatable bonds is 4. The van der Waals surface area contributed by atoms with Crippen molar-refractivity contribution in [1.29, 1.82) is 0 Å². The van der Waals surface area contributed by atoms with E-state index in [1.54, 1.807) is 0 Å². The number of aromatic nitrogens is 1. The molecule has 1 N–H and O–H groups in total. The first-order valence-electron chi connectivity index (χ1n) is 6.29. The third kappa shape index (κ3) is 2.83. The first kappa shape index (κ1) is 12.1. The Hall–Kier alpha value is -1.41. The molecule has 0 aliphatic rings. The molecule has 1 unspecified atom stereocenters. The molecule has 1 aromatic heterocycles. The van der Waals surface area contributed by atoms with Crippen LogP contribution in [0, 0.1) is 6.92 Å². The molecule has 2 nitrogen and oxygen atoms in total. The van der Waals surface area contributed by atoms with Gasteiger partial charge in [-0.05, 0) is 38.1 Å². The van der Waals surface area contributed by atoms with E-state index in [2.05, 4.69) is 50.4 Å². The SMILES string of the molecule is CCNC(C)Cc1nc2ccccc2cc1C. The largest absolute Gasteiger partial charge is 0.314 e. The van der Waals surface area contributed by atoms with Crippen LogP contribution in [0.2, 0.25) is 0 Å². The van der Waals surface area contributed by atoms with Crippen LogP contribution in [0.1, 0.15) is 25.1 Å². The lowest BCUT2D eigenvalue weighted by atomic mass is 10.1. The topological polar surface area (TPSA) is 24.9 Å². The summed E-state index contributed by atoms with van der Waals surface area (Å²) in [5.41, 5.74) is 3.59. The van der Waals surface area contributed by atoms with Crippen molar-refractivity contribution in [3.8, 4) is 0 Å². The number of pyridine rings is 1. The standard InChI is InChI=1S/C15H20N2/c1-4-16-12(3)10-15-11(2)9-13-7-5-6-8-14(13)17-15/h5-9,12,16H,4,10H2,1-3H3. The normalized spacial score (nSPS) is 12.9. The van der Waals surface area contributed by atoms with Crippen LogP contribution in [0.25, 0.3) is 10.9 Å². The highest BCUT2D eigenvalue weighted by Crippen LogP contribution is 2.17. The minimum Gasteiger partial charge on any atom is -0.314 e. The highest BCUT2D eigenvalue weighted by molar-refractivity contribution is 5.79. The lowest BCUT2D eigenvalue weighted by molar-refractivity contribution is 0.559. The van der Waals surface area contributed by atoms with E-state index in [9.17, 15) is 0 Å². The number of para-hydroxylation sites is 1. The van der Waals surface area contributed by atoms with Crippen LogP contribution in [0.15, 0.2) is 30.3 Å². The van der Waals surface area contributed by atoms with Gasteiger partial charge in [-0.1, -0.05) is 25.1 Å². The Kier molecular flexibility index (Phi) is 3.75. The van der Waals surface area contributed by atoms with Crippen LogP contribution in [0.4, 0.5) is 0 Å². The summed E-state index contributed by atoms with van der Waals surface area (Å²) < 4.78 is 0. The fraction of sp³-hybridized carbons (Fsp3) is 0.400. The van der Waals surface area contributed by atoms with Gasteiger partial charge in [-0.3, -0.25) is 4.98 Å². The van der Waals surface area contributed by atoms with Crippen molar-refractivity contribution < 1.29 is 0 Å². The molecule has 2 aromatic rings. The monoisotopic (exact) mass is 228 g/mol. The van der Waals surface area contributed by atoms with Crippen molar-refractivity contribution in [2.75, 3.05) is 6.54 Å². The second-order valence-electron chi connectivity index (χ2n) is 4.61. The molecule has 1 atom stereocenters. The fourth-order valence-corrected chi connectivity index (χ4v) is 2.18. The number of hydrogen-bond donors (Lipinski definition) is 1. The highest BCUT2D eigenvalue weighted by atomic mass is 14.9. The Morgan fingerprint density at radius 2 is 2.06 bits per heavy atom. The molecule has 90 valence electrons. The molecule has 17 heavy (non-hydrogen) atoms. The molecule has 0 amide bonds. The molecular formula is C15H20N2. The summed E-state index contributed by atoms with van der Waals surface area (Å²) in [4.78, 5) is 4.76. The molecular weight excluding hydrogens is 208 g/mol. The summed E-state index contributed by atoms with van der Waals surface area (Å²) in [7, 11) is 0. The Labute approximate surface area is 103 Å². The van der Waals surface area contributed by atoms with Crippen LogP contribution < -0.4 is 5.32 Å². The van der Waals surface area contributed by atoms with Gasteiger partial charge in [0.2, 0.25) is 0 Å². The van der Waals surface area contributed by atoms with Crippen LogP contribution in [0.3, 0.4) is 0 Å². The number of fused-ring (bicyclic) bond motifs is 1. The lowest BCUT2D eigenvalue weighted by Crippen LogP contribution is -2.28. The number of nitrogens with zero attached hydrogens (tertiary/aromatic N) is 1. The maximum Gasteiger partial charge on any atom is 0.0705 e. The second-order valence-corrected chi connectivity index (χ2v) is 4.61. The average Bonchev–Trinajstić information content (AvgIpc) is 2.30. The first-order valence-corrected chi connectivity index (χ1v) is 6.29. The van der Waals surface area contributed by atoms with E-state index < -0.39 is 0 Å². The molecule has 0 radical (unpaired) electrons. The average molecular weight is 228 g/mol. The maximum atomic E-state index is 4.76. The van der Waals surface area contributed by atoms with Crippen molar-refractivity contribution in [3.05, 3.63) is 41.6 Å². The maximum absolute atomic E-state index is 4.76. The molecule has 0 fully saturated rings. The van der Waals surface area contributed by atoms with Crippen molar-refractivity contribution in [2.24, 2.45) is 0 Å². The summed E-state index contributed by atoms with van der Waals surface area (Å²) in [6.45, 7) is 7.50. The van der Waals surface area contributed by atoms with Crippen molar-refractivity contribution >= 4 is 10.9 Å². The molecule has 2 rings (SSSR count). The summed E-state index contributed by atoms with van der Waals surface area (Å²) in [5, 5.41) is 4.66. The predicted molar refractivity (Wildman–Crippen MR) is 73.3 cm³/mol. The van der Waals surface area contributed by atoms with Crippen molar-refractivity contribution in [1.82, 2.24) is 10.3 Å². The smallest absolute Gasteiger partial charge is 0.0705 e. The number of likely N-dealkylation sites (N-methyl/N-ethyl adjacent to an activating group) is 1. The summed E-state index contributed by atoms with van der Waals surface area (Å²) >= 11 is 0. The quantitative estimate of drug-likeness (QED) is 0.870. The van der Waals surface area contributed by atoms with Crippen LogP contribution in [0.5, 0.6) is 0 Å². The van der Waals surface area contributed by atoms with Gasteiger partial charge in [-0.25, -0.2) is 0 Å². The first-order chi connectivity index (χ1) is 8.20. The number of aryl methyl sites for hydroxylation is 1. The minimum absolute atomic E-state index is 0.479. The van der Waals surface area contributed by atoms with Crippen LogP contribution in [-0.4, -0.2) is 17.6 Å². The van der Waals surface area contributed by atoms with Gasteiger partial charge in [-0.15, -0.1) is 0 Å². The van der Waals surface area contributed by atoms with E-state index >= 15 is 0 Å². The third-order valence-corrected chi connectivity index (χ3v) is 3.07. The van der Waals surface area contributed by atoms with Gasteiger partial charge in [0, 0.05) is 23.5 Å². The molecule has 0 bridgehead atoms. The van der Waals surface area contributed by atoms with E-state index in [0.29, 0.717) is 6.04 Å². The molecule has 0 aliphatic heterocycles. The summed E-state index contributed by atoms with van der Waals surface area (Å²) in [5.74, 6) is 0. The molecule has 0 aliphatic carbocycles. The van der Waals surface area contributed by atoms with E-state index in [1.165, 1.54) is 16.6 Å². The zero-order valence-electron chi connectivity index (χ0n) is 10.8. The Morgan fingerprint density at radius 1 is 1.29 bits per heavy atom. The van der Waals surface area contributed by atoms with Crippen molar-refractivity contribution in [2.45, 2.75) is 33.2 Å². The van der Waals surface area contributed by atoms with E-state index in [-0.39, 0.29) is 0 Å². The van der Waals surface area contributed by atoms with Gasteiger partial charge in [-0.2, -0.15) is 0 Å². The second kappa shape index (κ2) is 5.28. The Bertz CT molecular complexity index is 505. The van der Waals surface area contributed by atoms with Gasteiger partial charge in [0.05, 0.1) is 5.52 Å². The highest BCUT2D eigenvalue weighted by Gasteiger charge is 2.07. The minimum atomic E-state index is 0.479. The number of nitrogens with one attached hydrogen (secondary N) is 1. The van der Waals surface area contributed by atoms with Gasteiger partial charge in [0.15, 0.2) is 0 Å². The molecule has 0 spiro atoms. The van der Waals surface area contributed by atoms with E-state index in [0.717, 1.165) is 18.5 Å². The third-order valence-electron chi connectivity index (χ3n) is 3.07. The summed E-state index contributed by atoms with van der Waals surface area (Å²) in [6.07, 6.45) is 0.991. The van der Waals surface area contributed by atoms with Gasteiger partial charge in [0.25, 0.3) is 0 Å². The van der Waals surface area contributed by atoms with Crippen molar-refractivity contribution in [3.63, 3.8) is 0 Å². The summed E-state index contributed by atoms with van der Waals surface area (Å²) in [6, 6.07) is 11.0. The van der Waals surface area contributed by atoms with Gasteiger partial charge in [0.1, 0.15) is 0 Å². The Balaban J connectivity index is 2.31. The van der Waals surface area contributed by atoms with Gasteiger partial charge >= 0.3 is 0 Å². The van der Waals surface area contributed by atoms with Gasteiger partial charge < -0.3 is 5.32 Å². The molecule has 0 saturated heterocycles. The lowest BCUT2D eigenvalue weighted by Gasteiger charge is -2.14. The zero-order valence-corrected chi connectivity index (χ0v) is 10.8. The molecule has 0 saturated carbocycles. The molecule has 2 heteroatoms. The Morgan fingerprint density at radius 3 is 2.82 bits per heavy atom. The van der Waals surface area contributed by atoms with E-state index in [4.69, 9.17) is 4.98 Å². The number of hydrogen-bond acceptors (Lipinski definition) is 2. The molecule has 1 aromatic carbocycles. The number of benzene rings is 1. The van der Waals surface area contributed by atoms with Crippen LogP contribution in [-0.2, 0) is 6.42 Å².